The molecule has 1 aromatic carbocycles. The van der Waals surface area contributed by atoms with E-state index in [-0.39, 0.29) is 13.1 Å². The van der Waals surface area contributed by atoms with Gasteiger partial charge in [-0.1, -0.05) is 12.1 Å². The molecule has 1 aliphatic rings. The number of hydrogen-bond acceptors (Lipinski definition) is 3. The summed E-state index contributed by atoms with van der Waals surface area (Å²) >= 11 is 1.48. The van der Waals surface area contributed by atoms with Crippen molar-refractivity contribution >= 4 is 29.4 Å². The fourth-order valence-electron chi connectivity index (χ4n) is 2.27. The molecule has 0 aromatic heterocycles. The van der Waals surface area contributed by atoms with Crippen molar-refractivity contribution in [1.29, 1.82) is 0 Å². The largest absolute Gasteiger partial charge is 0.471 e. The van der Waals surface area contributed by atoms with E-state index in [0.717, 1.165) is 4.90 Å². The minimum absolute atomic E-state index is 0.0507. The summed E-state index contributed by atoms with van der Waals surface area (Å²) in [6.07, 6.45) is -2.74. The Morgan fingerprint density at radius 3 is 2.65 bits per heavy atom. The number of carbonyl (C=O) groups is 2. The fourth-order valence-corrected chi connectivity index (χ4v) is 2.83. The summed E-state index contributed by atoms with van der Waals surface area (Å²) < 4.78 is 36.7. The molecule has 3 amide bonds. The second kappa shape index (κ2) is 7.12. The topological polar surface area (TPSA) is 61.4 Å². The number of likely N-dealkylation sites (tertiary alicyclic amines) is 1. The quantitative estimate of drug-likeness (QED) is 0.827. The molecule has 0 radical (unpaired) electrons. The smallest absolute Gasteiger partial charge is 0.344 e. The van der Waals surface area contributed by atoms with Crippen LogP contribution in [-0.4, -0.2) is 48.4 Å². The van der Waals surface area contributed by atoms with Crippen LogP contribution >= 0.6 is 11.8 Å². The van der Waals surface area contributed by atoms with Crippen molar-refractivity contribution < 1.29 is 22.8 Å². The van der Waals surface area contributed by atoms with Gasteiger partial charge in [-0.05, 0) is 24.8 Å². The first-order valence-corrected chi connectivity index (χ1v) is 8.10. The molecule has 1 aliphatic heterocycles. The maximum Gasteiger partial charge on any atom is 0.471 e. The standard InChI is InChI=1S/C14H16F3N3O2S/c1-23-11-5-3-2-4-10(11)19-13(22)20-7-6-9(8-20)18-12(21)14(15,16)17/h2-5,9H,6-8H2,1H3,(H,18,21)(H,19,22). The summed E-state index contributed by atoms with van der Waals surface area (Å²) in [6, 6.07) is 6.16. The lowest BCUT2D eigenvalue weighted by atomic mass is 10.2. The minimum atomic E-state index is -4.91. The van der Waals surface area contributed by atoms with Crippen molar-refractivity contribution in [2.45, 2.75) is 23.5 Å². The number of carbonyl (C=O) groups excluding carboxylic acids is 2. The van der Waals surface area contributed by atoms with Gasteiger partial charge in [0.15, 0.2) is 0 Å². The van der Waals surface area contributed by atoms with Crippen LogP contribution in [0.1, 0.15) is 6.42 Å². The van der Waals surface area contributed by atoms with Gasteiger partial charge in [0.1, 0.15) is 0 Å². The van der Waals surface area contributed by atoms with Crippen LogP contribution in [-0.2, 0) is 4.79 Å². The zero-order chi connectivity index (χ0) is 17.0. The van der Waals surface area contributed by atoms with Crippen molar-refractivity contribution in [3.63, 3.8) is 0 Å². The van der Waals surface area contributed by atoms with Gasteiger partial charge in [0, 0.05) is 24.0 Å². The van der Waals surface area contributed by atoms with E-state index >= 15 is 0 Å². The zero-order valence-electron chi connectivity index (χ0n) is 12.3. The van der Waals surface area contributed by atoms with Gasteiger partial charge in [0.2, 0.25) is 0 Å². The third kappa shape index (κ3) is 4.54. The first kappa shape index (κ1) is 17.5. The molecular weight excluding hydrogens is 331 g/mol. The van der Waals surface area contributed by atoms with Gasteiger partial charge in [-0.3, -0.25) is 4.79 Å². The number of nitrogens with zero attached hydrogens (tertiary/aromatic N) is 1. The molecule has 0 aliphatic carbocycles. The Hall–Kier alpha value is -1.90. The lowest BCUT2D eigenvalue weighted by Crippen LogP contribution is -2.45. The van der Waals surface area contributed by atoms with Crippen LogP contribution in [0.4, 0.5) is 23.7 Å². The van der Waals surface area contributed by atoms with Gasteiger partial charge in [0.25, 0.3) is 0 Å². The summed E-state index contributed by atoms with van der Waals surface area (Å²) in [5, 5.41) is 4.64. The van der Waals surface area contributed by atoms with Gasteiger partial charge in [-0.15, -0.1) is 11.8 Å². The molecule has 9 heteroatoms. The molecule has 126 valence electrons. The first-order chi connectivity index (χ1) is 10.8. The van der Waals surface area contributed by atoms with Crippen LogP contribution < -0.4 is 10.6 Å². The average molecular weight is 347 g/mol. The molecular formula is C14H16F3N3O2S. The molecule has 2 rings (SSSR count). The van der Waals surface area contributed by atoms with Gasteiger partial charge in [0.05, 0.1) is 5.69 Å². The van der Waals surface area contributed by atoms with Gasteiger partial charge < -0.3 is 15.5 Å². The minimum Gasteiger partial charge on any atom is -0.344 e. The third-order valence-corrected chi connectivity index (χ3v) is 4.21. The Balaban J connectivity index is 1.91. The number of amides is 3. The average Bonchev–Trinajstić information content (AvgIpc) is 2.95. The Labute approximate surface area is 135 Å². The normalized spacial score (nSPS) is 17.9. The number of thioether (sulfide) groups is 1. The van der Waals surface area contributed by atoms with E-state index in [1.807, 2.05) is 23.7 Å². The number of alkyl halides is 3. The maximum atomic E-state index is 12.2. The van der Waals surface area contributed by atoms with Crippen LogP contribution in [0.5, 0.6) is 0 Å². The molecule has 23 heavy (non-hydrogen) atoms. The lowest BCUT2D eigenvalue weighted by Gasteiger charge is -2.19. The molecule has 1 saturated heterocycles. The highest BCUT2D eigenvalue weighted by Gasteiger charge is 2.41. The van der Waals surface area contributed by atoms with E-state index in [2.05, 4.69) is 5.32 Å². The van der Waals surface area contributed by atoms with Crippen LogP contribution in [0.25, 0.3) is 0 Å². The number of halogens is 3. The van der Waals surface area contributed by atoms with E-state index in [9.17, 15) is 22.8 Å². The van der Waals surface area contributed by atoms with E-state index in [1.54, 1.807) is 12.1 Å². The van der Waals surface area contributed by atoms with Crippen LogP contribution in [0, 0.1) is 0 Å². The number of rotatable bonds is 3. The molecule has 0 spiro atoms. The number of hydrogen-bond donors (Lipinski definition) is 2. The Morgan fingerprint density at radius 1 is 1.30 bits per heavy atom. The first-order valence-electron chi connectivity index (χ1n) is 6.88. The number of nitrogens with one attached hydrogen (secondary N) is 2. The second-order valence-electron chi connectivity index (χ2n) is 5.03. The number of para-hydroxylation sites is 1. The van der Waals surface area contributed by atoms with Crippen molar-refractivity contribution in [2.24, 2.45) is 0 Å². The van der Waals surface area contributed by atoms with E-state index in [1.165, 1.54) is 16.7 Å². The highest BCUT2D eigenvalue weighted by Crippen LogP contribution is 2.25. The third-order valence-electron chi connectivity index (χ3n) is 3.42. The zero-order valence-corrected chi connectivity index (χ0v) is 13.1. The monoisotopic (exact) mass is 347 g/mol. The molecule has 2 N–H and O–H groups in total. The number of urea groups is 1. The summed E-state index contributed by atoms with van der Waals surface area (Å²) in [5.41, 5.74) is 0.646. The molecule has 0 saturated carbocycles. The number of anilines is 1. The Kier molecular flexibility index (Phi) is 5.40. The predicted molar refractivity (Wildman–Crippen MR) is 81.4 cm³/mol. The van der Waals surface area contributed by atoms with Crippen LogP contribution in [0.3, 0.4) is 0 Å². The van der Waals surface area contributed by atoms with Crippen molar-refractivity contribution in [3.8, 4) is 0 Å². The Morgan fingerprint density at radius 2 is 2.00 bits per heavy atom. The van der Waals surface area contributed by atoms with Crippen LogP contribution in [0.15, 0.2) is 29.2 Å². The molecule has 1 unspecified atom stereocenters. The van der Waals surface area contributed by atoms with Gasteiger partial charge in [-0.25, -0.2) is 4.79 Å². The van der Waals surface area contributed by atoms with E-state index in [4.69, 9.17) is 0 Å². The summed E-state index contributed by atoms with van der Waals surface area (Å²) in [5.74, 6) is -1.97. The highest BCUT2D eigenvalue weighted by molar-refractivity contribution is 7.98. The summed E-state index contributed by atoms with van der Waals surface area (Å²) in [6.45, 7) is 0.338. The van der Waals surface area contributed by atoms with Gasteiger partial charge >= 0.3 is 18.1 Å². The molecule has 5 nitrogen and oxygen atoms in total. The Bertz CT molecular complexity index is 595. The number of benzene rings is 1. The van der Waals surface area contributed by atoms with E-state index < -0.39 is 24.2 Å². The maximum absolute atomic E-state index is 12.2. The van der Waals surface area contributed by atoms with E-state index in [0.29, 0.717) is 12.1 Å². The van der Waals surface area contributed by atoms with Crippen molar-refractivity contribution in [1.82, 2.24) is 10.2 Å². The van der Waals surface area contributed by atoms with Gasteiger partial charge in [-0.2, -0.15) is 13.2 Å². The highest BCUT2D eigenvalue weighted by atomic mass is 32.2. The molecule has 1 heterocycles. The summed E-state index contributed by atoms with van der Waals surface area (Å²) in [7, 11) is 0. The lowest BCUT2D eigenvalue weighted by molar-refractivity contribution is -0.174. The van der Waals surface area contributed by atoms with Crippen LogP contribution in [0.2, 0.25) is 0 Å². The van der Waals surface area contributed by atoms with Crippen molar-refractivity contribution in [3.05, 3.63) is 24.3 Å². The molecule has 1 atom stereocenters. The molecule has 1 fully saturated rings. The predicted octanol–water partition coefficient (Wildman–Crippen LogP) is 2.69. The SMILES string of the molecule is CSc1ccccc1NC(=O)N1CCC(NC(=O)C(F)(F)F)C1. The molecule has 1 aromatic rings. The van der Waals surface area contributed by atoms with Crippen molar-refractivity contribution in [2.75, 3.05) is 24.7 Å². The molecule has 0 bridgehead atoms. The summed E-state index contributed by atoms with van der Waals surface area (Å²) in [4.78, 5) is 25.4. The fraction of sp³-hybridized carbons (Fsp3) is 0.429. The second-order valence-corrected chi connectivity index (χ2v) is 5.88.